The van der Waals surface area contributed by atoms with Gasteiger partial charge in [0, 0.05) is 31.5 Å². The number of amides is 2. The molecule has 1 saturated heterocycles. The molecule has 9 nitrogen and oxygen atoms in total. The van der Waals surface area contributed by atoms with Crippen LogP contribution in [0.25, 0.3) is 0 Å². The molecule has 2 amide bonds. The Hall–Kier alpha value is -3.37. The third-order valence-electron chi connectivity index (χ3n) is 6.79. The molecule has 2 aromatic rings. The number of imide groups is 1. The number of hydrogen-bond donors (Lipinski definition) is 2. The lowest BCUT2D eigenvalue weighted by Crippen LogP contribution is -2.41. The van der Waals surface area contributed by atoms with E-state index in [1.54, 1.807) is 13.2 Å². The molecule has 2 fully saturated rings. The maximum Gasteiger partial charge on any atom is 0.503 e. The molecule has 0 radical (unpaired) electrons. The number of methoxy groups -OCH3 is 1. The number of benzene rings is 2. The van der Waals surface area contributed by atoms with Gasteiger partial charge in [-0.15, -0.1) is 0 Å². The molecule has 0 bridgehead atoms. The van der Waals surface area contributed by atoms with Gasteiger partial charge in [0.05, 0.1) is 18.7 Å². The molecule has 4 rings (SSSR count). The maximum absolute atomic E-state index is 14.1. The van der Waals surface area contributed by atoms with Crippen molar-refractivity contribution < 1.29 is 38.5 Å². The average molecular weight is 551 g/mol. The lowest BCUT2D eigenvalue weighted by Gasteiger charge is -2.41. The zero-order valence-corrected chi connectivity index (χ0v) is 22.1. The van der Waals surface area contributed by atoms with Crippen LogP contribution in [0.4, 0.5) is 9.18 Å². The number of rotatable bonds is 10. The monoisotopic (exact) mass is 550 g/mol. The van der Waals surface area contributed by atoms with Crippen molar-refractivity contribution >= 4 is 29.6 Å². The predicted molar refractivity (Wildman–Crippen MR) is 138 cm³/mol. The molecule has 1 aliphatic carbocycles. The highest BCUT2D eigenvalue weighted by atomic mass is 35.5. The maximum atomic E-state index is 14.1. The number of nitrogens with zero attached hydrogens (tertiary/aromatic N) is 2. The summed E-state index contributed by atoms with van der Waals surface area (Å²) in [6.45, 7) is 3.22. The van der Waals surface area contributed by atoms with E-state index in [-0.39, 0.29) is 48.9 Å². The van der Waals surface area contributed by atoms with E-state index >= 15 is 0 Å². The number of carbonyl (C=O) groups excluding carboxylic acids is 2. The van der Waals surface area contributed by atoms with Crippen LogP contribution >= 0.6 is 11.6 Å². The van der Waals surface area contributed by atoms with Gasteiger partial charge in [-0.3, -0.25) is 19.4 Å². The molecule has 1 heterocycles. The zero-order chi connectivity index (χ0) is 27.8. The van der Waals surface area contributed by atoms with Crippen LogP contribution in [0.15, 0.2) is 36.4 Å². The van der Waals surface area contributed by atoms with Gasteiger partial charge >= 0.3 is 6.16 Å². The van der Waals surface area contributed by atoms with E-state index in [4.69, 9.17) is 36.1 Å². The van der Waals surface area contributed by atoms with Crippen LogP contribution in [-0.4, -0.2) is 64.3 Å². The minimum absolute atomic E-state index is 0.0227. The first-order valence-corrected chi connectivity index (χ1v) is 12.7. The highest BCUT2D eigenvalue weighted by Crippen LogP contribution is 2.36. The molecule has 206 valence electrons. The Morgan fingerprint density at radius 2 is 1.79 bits per heavy atom. The van der Waals surface area contributed by atoms with Gasteiger partial charge in [0.1, 0.15) is 12.4 Å². The Balaban J connectivity index is 0.000000934. The van der Waals surface area contributed by atoms with E-state index in [0.29, 0.717) is 24.1 Å². The van der Waals surface area contributed by atoms with Crippen molar-refractivity contribution in [2.45, 2.75) is 57.7 Å². The quantitative estimate of drug-likeness (QED) is 0.380. The molecule has 0 spiro atoms. The first kappa shape index (κ1) is 29.2. The van der Waals surface area contributed by atoms with Crippen LogP contribution < -0.4 is 9.47 Å². The van der Waals surface area contributed by atoms with Gasteiger partial charge in [-0.1, -0.05) is 30.2 Å². The minimum atomic E-state index is -1.83. The summed E-state index contributed by atoms with van der Waals surface area (Å²) >= 11 is 5.88. The van der Waals surface area contributed by atoms with E-state index in [1.807, 2.05) is 24.3 Å². The molecule has 1 aliphatic heterocycles. The van der Waals surface area contributed by atoms with Gasteiger partial charge in [-0.05, 0) is 55.2 Å². The number of halogens is 2. The first-order valence-electron chi connectivity index (χ1n) is 12.4. The van der Waals surface area contributed by atoms with Crippen LogP contribution in [0.1, 0.15) is 56.2 Å². The number of hydrogen-bond acceptors (Lipinski definition) is 6. The van der Waals surface area contributed by atoms with Crippen molar-refractivity contribution in [2.24, 2.45) is 0 Å². The van der Waals surface area contributed by atoms with Crippen LogP contribution in [-0.2, 0) is 16.1 Å². The molecule has 11 heteroatoms. The second kappa shape index (κ2) is 13.4. The third-order valence-corrected chi connectivity index (χ3v) is 7.09. The molecular weight excluding hydrogens is 519 g/mol. The van der Waals surface area contributed by atoms with E-state index in [0.717, 1.165) is 24.0 Å². The fourth-order valence-electron chi connectivity index (χ4n) is 4.52. The lowest BCUT2D eigenvalue weighted by molar-refractivity contribution is -0.138. The summed E-state index contributed by atoms with van der Waals surface area (Å²) in [5.74, 6) is 0.451. The Labute approximate surface area is 225 Å². The van der Waals surface area contributed by atoms with E-state index < -0.39 is 12.0 Å². The van der Waals surface area contributed by atoms with Crippen LogP contribution in [0.5, 0.6) is 11.5 Å². The molecular formula is C27H32ClFN2O7. The Bertz CT molecular complexity index is 1140. The first-order chi connectivity index (χ1) is 18.1. The molecule has 38 heavy (non-hydrogen) atoms. The normalized spacial score (nSPS) is 16.1. The van der Waals surface area contributed by atoms with Gasteiger partial charge in [0.15, 0.2) is 11.5 Å². The second-order valence-electron chi connectivity index (χ2n) is 9.16. The van der Waals surface area contributed by atoms with Crippen LogP contribution in [0, 0.1) is 5.82 Å². The third kappa shape index (κ3) is 7.58. The highest BCUT2D eigenvalue weighted by molar-refractivity contribution is 6.30. The second-order valence-corrected chi connectivity index (χ2v) is 9.57. The van der Waals surface area contributed by atoms with Crippen LogP contribution in [0.3, 0.4) is 0 Å². The summed E-state index contributed by atoms with van der Waals surface area (Å²) in [5.41, 5.74) is 1.95. The minimum Gasteiger partial charge on any atom is -0.493 e. The van der Waals surface area contributed by atoms with Crippen molar-refractivity contribution in [1.82, 2.24) is 9.80 Å². The molecule has 2 aromatic carbocycles. The summed E-state index contributed by atoms with van der Waals surface area (Å²) in [6.07, 6.45) is 2.14. The summed E-state index contributed by atoms with van der Waals surface area (Å²) in [6, 6.07) is 11.3. The smallest absolute Gasteiger partial charge is 0.493 e. The van der Waals surface area contributed by atoms with Crippen molar-refractivity contribution in [3.05, 3.63) is 58.4 Å². The predicted octanol–water partition coefficient (Wildman–Crippen LogP) is 5.35. The summed E-state index contributed by atoms with van der Waals surface area (Å²) in [4.78, 5) is 35.7. The van der Waals surface area contributed by atoms with E-state index in [9.17, 15) is 14.0 Å². The lowest BCUT2D eigenvalue weighted by atomic mass is 9.89. The van der Waals surface area contributed by atoms with Crippen LogP contribution in [0.2, 0.25) is 5.02 Å². The largest absolute Gasteiger partial charge is 0.503 e. The standard InChI is InChI=1S/C26H30ClFN2O4.CH2O3/c1-17(19-7-8-21(27)22(28)15-19)30(20-4-3-5-20)16-18-6-9-23(24(14-18)33-2)34-13-12-29-25(31)10-11-26(29)32;2-1(3)4/h6-9,14-15,17,20H,3-5,10-13,16H2,1-2H3;(H2,2,3,4). The topological polar surface area (TPSA) is 117 Å². The van der Waals surface area contributed by atoms with E-state index in [1.165, 1.54) is 17.4 Å². The Kier molecular flexibility index (Phi) is 10.3. The molecule has 1 atom stereocenters. The molecule has 0 aromatic heterocycles. The number of ether oxygens (including phenoxy) is 2. The molecule has 2 N–H and O–H groups in total. The number of carbonyl (C=O) groups is 3. The van der Waals surface area contributed by atoms with Crippen molar-refractivity contribution in [2.75, 3.05) is 20.3 Å². The SMILES string of the molecule is COc1cc(CN(C2CCC2)C(C)c2ccc(Cl)c(F)c2)ccc1OCCN1C(=O)CCC1=O.O=C(O)O. The Morgan fingerprint density at radius 3 is 2.34 bits per heavy atom. The van der Waals surface area contributed by atoms with Gasteiger partial charge in [-0.25, -0.2) is 9.18 Å². The summed E-state index contributed by atoms with van der Waals surface area (Å²) < 4.78 is 25.5. The van der Waals surface area contributed by atoms with Gasteiger partial charge in [0.2, 0.25) is 11.8 Å². The average Bonchev–Trinajstić information content (AvgIpc) is 3.16. The number of likely N-dealkylation sites (tertiary alicyclic amines) is 1. The fraction of sp³-hybridized carbons (Fsp3) is 0.444. The molecule has 2 aliphatic rings. The highest BCUT2D eigenvalue weighted by Gasteiger charge is 2.30. The summed E-state index contributed by atoms with van der Waals surface area (Å²) in [7, 11) is 1.59. The van der Waals surface area contributed by atoms with Crippen molar-refractivity contribution in [3.8, 4) is 11.5 Å². The zero-order valence-electron chi connectivity index (χ0n) is 21.4. The van der Waals surface area contributed by atoms with Gasteiger partial charge in [0.25, 0.3) is 0 Å². The fourth-order valence-corrected chi connectivity index (χ4v) is 4.64. The molecule has 1 unspecified atom stereocenters. The summed E-state index contributed by atoms with van der Waals surface area (Å²) in [5, 5.41) is 14.1. The Morgan fingerprint density at radius 1 is 1.13 bits per heavy atom. The van der Waals surface area contributed by atoms with E-state index in [2.05, 4.69) is 11.8 Å². The van der Waals surface area contributed by atoms with Crippen molar-refractivity contribution in [3.63, 3.8) is 0 Å². The van der Waals surface area contributed by atoms with Gasteiger partial charge in [-0.2, -0.15) is 0 Å². The number of carboxylic acid groups (broad SMARTS) is 2. The molecule has 1 saturated carbocycles. The van der Waals surface area contributed by atoms with Gasteiger partial charge < -0.3 is 19.7 Å². The van der Waals surface area contributed by atoms with Crippen molar-refractivity contribution in [1.29, 1.82) is 0 Å².